The van der Waals surface area contributed by atoms with Crippen molar-refractivity contribution in [3.63, 3.8) is 0 Å². The van der Waals surface area contributed by atoms with Gasteiger partial charge < -0.3 is 10.3 Å². The summed E-state index contributed by atoms with van der Waals surface area (Å²) in [6.07, 6.45) is 5.08. The van der Waals surface area contributed by atoms with Crippen molar-refractivity contribution >= 4 is 0 Å². The summed E-state index contributed by atoms with van der Waals surface area (Å²) in [6.45, 7) is 14.9. The first-order valence-corrected chi connectivity index (χ1v) is 7.32. The first kappa shape index (κ1) is 16.2. The van der Waals surface area contributed by atoms with E-state index < -0.39 is 0 Å². The third kappa shape index (κ3) is 4.96. The summed E-state index contributed by atoms with van der Waals surface area (Å²) in [6, 6.07) is 0.462. The molecule has 0 aliphatic heterocycles. The number of hydrogen-bond donors (Lipinski definition) is 1. The number of rotatable bonds is 8. The molecule has 0 saturated heterocycles. The molecule has 1 heterocycles. The van der Waals surface area contributed by atoms with Crippen molar-refractivity contribution in [1.82, 2.24) is 14.5 Å². The fourth-order valence-corrected chi connectivity index (χ4v) is 2.35. The van der Waals surface area contributed by atoms with Crippen LogP contribution in [0.2, 0.25) is 0 Å². The minimum Gasteiger partial charge on any atom is -0.331 e. The Kier molecular flexibility index (Phi) is 6.01. The summed E-state index contributed by atoms with van der Waals surface area (Å²) in [7, 11) is 0. The summed E-state index contributed by atoms with van der Waals surface area (Å²) < 4.78 is 2.25. The smallest absolute Gasteiger partial charge is 0.0951 e. The summed E-state index contributed by atoms with van der Waals surface area (Å²) in [4.78, 5) is 6.77. The van der Waals surface area contributed by atoms with Crippen molar-refractivity contribution in [3.05, 3.63) is 18.2 Å². The summed E-state index contributed by atoms with van der Waals surface area (Å²) in [5, 5.41) is 0. The third-order valence-electron chi connectivity index (χ3n) is 3.43. The number of hydrogen-bond acceptors (Lipinski definition) is 3. The van der Waals surface area contributed by atoms with Gasteiger partial charge in [-0.15, -0.1) is 0 Å². The van der Waals surface area contributed by atoms with Crippen LogP contribution in [0.15, 0.2) is 12.5 Å². The van der Waals surface area contributed by atoms with Crippen molar-refractivity contribution in [1.29, 1.82) is 0 Å². The van der Waals surface area contributed by atoms with Gasteiger partial charge >= 0.3 is 0 Å². The SMILES string of the molecule is CCCN(Cc1cncn1C(C)C)CC(C)(C)CN. The van der Waals surface area contributed by atoms with E-state index in [-0.39, 0.29) is 5.41 Å². The monoisotopic (exact) mass is 266 g/mol. The van der Waals surface area contributed by atoms with E-state index in [4.69, 9.17) is 5.73 Å². The van der Waals surface area contributed by atoms with E-state index in [1.165, 1.54) is 5.69 Å². The molecule has 0 aliphatic rings. The van der Waals surface area contributed by atoms with E-state index >= 15 is 0 Å². The van der Waals surface area contributed by atoms with E-state index in [0.717, 1.165) is 32.6 Å². The van der Waals surface area contributed by atoms with Crippen LogP contribution in [-0.2, 0) is 6.54 Å². The van der Waals surface area contributed by atoms with Crippen LogP contribution in [0.25, 0.3) is 0 Å². The molecule has 1 rings (SSSR count). The number of aromatic nitrogens is 2. The normalized spacial score (nSPS) is 12.6. The molecule has 0 unspecified atom stereocenters. The molecule has 0 amide bonds. The van der Waals surface area contributed by atoms with Crippen molar-refractivity contribution in [2.45, 2.75) is 53.6 Å². The maximum atomic E-state index is 5.86. The van der Waals surface area contributed by atoms with Crippen LogP contribution in [0.4, 0.5) is 0 Å². The summed E-state index contributed by atoms with van der Waals surface area (Å²) in [5.41, 5.74) is 7.31. The molecule has 0 bridgehead atoms. The van der Waals surface area contributed by atoms with Gasteiger partial charge in [0.25, 0.3) is 0 Å². The van der Waals surface area contributed by atoms with Crippen LogP contribution in [0.1, 0.15) is 52.8 Å². The highest BCUT2D eigenvalue weighted by molar-refractivity contribution is 5.00. The molecule has 1 aromatic heterocycles. The fourth-order valence-electron chi connectivity index (χ4n) is 2.35. The molecule has 4 heteroatoms. The van der Waals surface area contributed by atoms with Crippen molar-refractivity contribution < 1.29 is 0 Å². The largest absolute Gasteiger partial charge is 0.331 e. The second-order valence-electron chi connectivity index (χ2n) is 6.46. The number of nitrogens with two attached hydrogens (primary N) is 1. The number of nitrogens with zero attached hydrogens (tertiary/aromatic N) is 3. The predicted octanol–water partition coefficient (Wildman–Crippen LogP) is 2.66. The van der Waals surface area contributed by atoms with E-state index in [0.29, 0.717) is 6.04 Å². The molecule has 0 aromatic carbocycles. The maximum Gasteiger partial charge on any atom is 0.0951 e. The van der Waals surface area contributed by atoms with Gasteiger partial charge in [-0.2, -0.15) is 0 Å². The molecule has 0 spiro atoms. The van der Waals surface area contributed by atoms with Crippen LogP contribution in [-0.4, -0.2) is 34.1 Å². The van der Waals surface area contributed by atoms with Crippen LogP contribution in [0, 0.1) is 5.41 Å². The highest BCUT2D eigenvalue weighted by atomic mass is 15.2. The van der Waals surface area contributed by atoms with E-state index in [1.807, 2.05) is 12.5 Å². The second-order valence-corrected chi connectivity index (χ2v) is 6.46. The molecular formula is C15H30N4. The van der Waals surface area contributed by atoms with Gasteiger partial charge in [-0.25, -0.2) is 4.98 Å². The molecule has 0 saturated carbocycles. The lowest BCUT2D eigenvalue weighted by Crippen LogP contribution is -2.39. The quantitative estimate of drug-likeness (QED) is 0.787. The van der Waals surface area contributed by atoms with Gasteiger partial charge in [0.15, 0.2) is 0 Å². The van der Waals surface area contributed by atoms with E-state index in [1.54, 1.807) is 0 Å². The van der Waals surface area contributed by atoms with Gasteiger partial charge in [-0.3, -0.25) is 4.90 Å². The first-order chi connectivity index (χ1) is 8.89. The Morgan fingerprint density at radius 1 is 1.42 bits per heavy atom. The van der Waals surface area contributed by atoms with E-state index in [9.17, 15) is 0 Å². The summed E-state index contributed by atoms with van der Waals surface area (Å²) in [5.74, 6) is 0. The van der Waals surface area contributed by atoms with Crippen LogP contribution in [0.5, 0.6) is 0 Å². The molecule has 0 aliphatic carbocycles. The lowest BCUT2D eigenvalue weighted by molar-refractivity contribution is 0.172. The zero-order valence-electron chi connectivity index (χ0n) is 13.2. The molecule has 0 radical (unpaired) electrons. The first-order valence-electron chi connectivity index (χ1n) is 7.32. The Bertz CT molecular complexity index is 368. The molecule has 2 N–H and O–H groups in total. The lowest BCUT2D eigenvalue weighted by atomic mass is 9.93. The van der Waals surface area contributed by atoms with Gasteiger partial charge in [0.05, 0.1) is 12.0 Å². The van der Waals surface area contributed by atoms with Gasteiger partial charge in [0.2, 0.25) is 0 Å². The molecule has 19 heavy (non-hydrogen) atoms. The van der Waals surface area contributed by atoms with Gasteiger partial charge in [0, 0.05) is 25.3 Å². The van der Waals surface area contributed by atoms with Crippen molar-refractivity contribution in [2.24, 2.45) is 11.1 Å². The minimum atomic E-state index is 0.165. The Morgan fingerprint density at radius 3 is 2.63 bits per heavy atom. The fraction of sp³-hybridized carbons (Fsp3) is 0.800. The highest BCUT2D eigenvalue weighted by Gasteiger charge is 2.21. The Morgan fingerprint density at radius 2 is 2.11 bits per heavy atom. The average Bonchev–Trinajstić information content (AvgIpc) is 2.77. The Balaban J connectivity index is 2.75. The van der Waals surface area contributed by atoms with Gasteiger partial charge in [-0.05, 0) is 38.8 Å². The molecule has 1 aromatic rings. The lowest BCUT2D eigenvalue weighted by Gasteiger charge is -2.32. The average molecular weight is 266 g/mol. The van der Waals surface area contributed by atoms with Crippen molar-refractivity contribution in [2.75, 3.05) is 19.6 Å². The standard InChI is InChI=1S/C15H30N4/c1-6-7-18(11-15(4,5)10-16)9-14-8-17-12-19(14)13(2)3/h8,12-13H,6-7,9-11,16H2,1-5H3. The molecule has 4 nitrogen and oxygen atoms in total. The minimum absolute atomic E-state index is 0.165. The zero-order valence-corrected chi connectivity index (χ0v) is 13.2. The molecule has 110 valence electrons. The van der Waals surface area contributed by atoms with Crippen LogP contribution >= 0.6 is 0 Å². The van der Waals surface area contributed by atoms with Crippen LogP contribution < -0.4 is 5.73 Å². The topological polar surface area (TPSA) is 47.1 Å². The second kappa shape index (κ2) is 7.06. The van der Waals surface area contributed by atoms with Crippen molar-refractivity contribution in [3.8, 4) is 0 Å². The zero-order chi connectivity index (χ0) is 14.5. The summed E-state index contributed by atoms with van der Waals surface area (Å²) >= 11 is 0. The third-order valence-corrected chi connectivity index (χ3v) is 3.43. The molecule has 0 atom stereocenters. The van der Waals surface area contributed by atoms with Crippen LogP contribution in [0.3, 0.4) is 0 Å². The Labute approximate surface area is 118 Å². The van der Waals surface area contributed by atoms with Gasteiger partial charge in [0.1, 0.15) is 0 Å². The van der Waals surface area contributed by atoms with Gasteiger partial charge in [-0.1, -0.05) is 20.8 Å². The Hall–Kier alpha value is -0.870. The number of imidazole rings is 1. The highest BCUT2D eigenvalue weighted by Crippen LogP contribution is 2.18. The molecular weight excluding hydrogens is 236 g/mol. The predicted molar refractivity (Wildman–Crippen MR) is 81.0 cm³/mol. The maximum absolute atomic E-state index is 5.86. The van der Waals surface area contributed by atoms with E-state index in [2.05, 4.69) is 49.1 Å². The molecule has 0 fully saturated rings.